The molecule has 3 aromatic rings. The number of nitrogens with zero attached hydrogens (tertiary/aromatic N) is 2. The molecule has 0 saturated carbocycles. The number of carboxylic acids is 1. The average molecular weight is 302 g/mol. The Hall–Kier alpha value is -2.34. The number of aromatic nitrogens is 2. The zero-order valence-corrected chi connectivity index (χ0v) is 12.7. The van der Waals surface area contributed by atoms with Gasteiger partial charge in [0.2, 0.25) is 0 Å². The molecule has 0 fully saturated rings. The van der Waals surface area contributed by atoms with Gasteiger partial charge >= 0.3 is 5.97 Å². The van der Waals surface area contributed by atoms with Crippen LogP contribution >= 0.6 is 11.3 Å². The summed E-state index contributed by atoms with van der Waals surface area (Å²) in [5.41, 5.74) is 4.05. The van der Waals surface area contributed by atoms with Gasteiger partial charge in [-0.2, -0.15) is 0 Å². The lowest BCUT2D eigenvalue weighted by atomic mass is 10.0. The molecule has 0 amide bonds. The number of ether oxygens (including phenoxy) is 1. The van der Waals surface area contributed by atoms with Gasteiger partial charge in [0.25, 0.3) is 0 Å². The van der Waals surface area contributed by atoms with E-state index in [1.807, 2.05) is 25.3 Å². The average Bonchev–Trinajstić information content (AvgIpc) is 2.97. The van der Waals surface area contributed by atoms with Gasteiger partial charge in [0.05, 0.1) is 12.8 Å². The van der Waals surface area contributed by atoms with E-state index in [9.17, 15) is 4.79 Å². The van der Waals surface area contributed by atoms with Crippen LogP contribution in [0.5, 0.6) is 5.75 Å². The molecule has 0 saturated heterocycles. The summed E-state index contributed by atoms with van der Waals surface area (Å²) in [5.74, 6) is -0.227. The quantitative estimate of drug-likeness (QED) is 0.805. The van der Waals surface area contributed by atoms with E-state index in [4.69, 9.17) is 9.84 Å². The molecule has 0 atom stereocenters. The number of fused-ring (bicyclic) bond motifs is 1. The number of methoxy groups -OCH3 is 1. The van der Waals surface area contributed by atoms with Crippen molar-refractivity contribution in [3.8, 4) is 17.0 Å². The predicted octanol–water partition coefficient (Wildman–Crippen LogP) is 3.39. The molecule has 3 rings (SSSR count). The zero-order valence-electron chi connectivity index (χ0n) is 11.9. The highest BCUT2D eigenvalue weighted by Crippen LogP contribution is 2.36. The second-order valence-corrected chi connectivity index (χ2v) is 5.70. The third-order valence-corrected chi connectivity index (χ3v) is 4.17. The van der Waals surface area contributed by atoms with E-state index in [0.717, 1.165) is 28.1 Å². The number of benzene rings is 1. The fourth-order valence-electron chi connectivity index (χ4n) is 2.50. The largest absolute Gasteiger partial charge is 0.496 e. The Morgan fingerprint density at radius 1 is 1.38 bits per heavy atom. The summed E-state index contributed by atoms with van der Waals surface area (Å²) >= 11 is 1.41. The molecule has 2 heterocycles. The summed E-state index contributed by atoms with van der Waals surface area (Å²) in [5, 5.41) is 11.0. The minimum atomic E-state index is -1.02. The van der Waals surface area contributed by atoms with Crippen LogP contribution in [-0.2, 0) is 0 Å². The van der Waals surface area contributed by atoms with Crippen molar-refractivity contribution in [2.24, 2.45) is 0 Å². The first kappa shape index (κ1) is 13.6. The SMILES string of the molecule is COc1c(C)cc(C)cc1-c1csc2nc(C(=O)O)cn12. The molecular formula is C15H14N2O3S. The predicted molar refractivity (Wildman–Crippen MR) is 81.5 cm³/mol. The smallest absolute Gasteiger partial charge is 0.356 e. The summed E-state index contributed by atoms with van der Waals surface area (Å²) in [7, 11) is 1.64. The summed E-state index contributed by atoms with van der Waals surface area (Å²) in [6, 6.07) is 4.09. The molecular weight excluding hydrogens is 288 g/mol. The molecule has 6 heteroatoms. The van der Waals surface area contributed by atoms with Crippen molar-refractivity contribution in [1.82, 2.24) is 9.38 Å². The Bertz CT molecular complexity index is 848. The number of aryl methyl sites for hydroxylation is 2. The molecule has 2 aromatic heterocycles. The maximum absolute atomic E-state index is 11.1. The van der Waals surface area contributed by atoms with Crippen molar-refractivity contribution < 1.29 is 14.6 Å². The lowest BCUT2D eigenvalue weighted by Crippen LogP contribution is -1.96. The highest BCUT2D eigenvalue weighted by atomic mass is 32.1. The monoisotopic (exact) mass is 302 g/mol. The van der Waals surface area contributed by atoms with Crippen molar-refractivity contribution in [3.63, 3.8) is 0 Å². The molecule has 0 aliphatic rings. The molecule has 0 radical (unpaired) electrons. The molecule has 1 aromatic carbocycles. The van der Waals surface area contributed by atoms with Gasteiger partial charge in [-0.05, 0) is 31.0 Å². The van der Waals surface area contributed by atoms with E-state index in [1.165, 1.54) is 11.3 Å². The van der Waals surface area contributed by atoms with Crippen molar-refractivity contribution in [1.29, 1.82) is 0 Å². The number of thiazole rings is 1. The first-order chi connectivity index (χ1) is 10.0. The van der Waals surface area contributed by atoms with Crippen LogP contribution in [0.15, 0.2) is 23.7 Å². The Kier molecular flexibility index (Phi) is 3.17. The van der Waals surface area contributed by atoms with Crippen LogP contribution in [0.1, 0.15) is 21.6 Å². The van der Waals surface area contributed by atoms with Gasteiger partial charge in [0.1, 0.15) is 5.75 Å². The second kappa shape index (κ2) is 4.89. The van der Waals surface area contributed by atoms with Gasteiger partial charge < -0.3 is 9.84 Å². The number of carboxylic acid groups (broad SMARTS) is 1. The zero-order chi connectivity index (χ0) is 15.1. The first-order valence-corrected chi connectivity index (χ1v) is 7.24. The van der Waals surface area contributed by atoms with Gasteiger partial charge in [-0.25, -0.2) is 9.78 Å². The van der Waals surface area contributed by atoms with Gasteiger partial charge in [-0.15, -0.1) is 11.3 Å². The minimum absolute atomic E-state index is 0.0476. The maximum atomic E-state index is 11.1. The summed E-state index contributed by atoms with van der Waals surface area (Å²) in [4.78, 5) is 15.8. The Balaban J connectivity index is 2.27. The summed E-state index contributed by atoms with van der Waals surface area (Å²) in [6.45, 7) is 4.02. The van der Waals surface area contributed by atoms with Gasteiger partial charge in [-0.1, -0.05) is 6.07 Å². The molecule has 21 heavy (non-hydrogen) atoms. The van der Waals surface area contributed by atoms with E-state index >= 15 is 0 Å². The highest BCUT2D eigenvalue weighted by molar-refractivity contribution is 7.15. The Morgan fingerprint density at radius 3 is 2.81 bits per heavy atom. The number of rotatable bonds is 3. The number of hydrogen-bond donors (Lipinski definition) is 1. The molecule has 0 spiro atoms. The second-order valence-electron chi connectivity index (χ2n) is 4.87. The maximum Gasteiger partial charge on any atom is 0.356 e. The van der Waals surface area contributed by atoms with Gasteiger partial charge in [0.15, 0.2) is 10.7 Å². The van der Waals surface area contributed by atoms with E-state index in [2.05, 4.69) is 11.1 Å². The van der Waals surface area contributed by atoms with Crippen LogP contribution in [0.4, 0.5) is 0 Å². The highest BCUT2D eigenvalue weighted by Gasteiger charge is 2.17. The van der Waals surface area contributed by atoms with Crippen LogP contribution in [0.3, 0.4) is 0 Å². The standard InChI is InChI=1S/C15H14N2O3S/c1-8-4-9(2)13(20-3)10(5-8)12-7-21-15-16-11(14(18)19)6-17(12)15/h4-7H,1-3H3,(H,18,19). The molecule has 108 valence electrons. The summed E-state index contributed by atoms with van der Waals surface area (Å²) < 4.78 is 7.31. The third-order valence-electron chi connectivity index (χ3n) is 3.33. The number of aromatic carboxylic acids is 1. The van der Waals surface area contributed by atoms with Crippen LogP contribution in [0.25, 0.3) is 16.2 Å². The van der Waals surface area contributed by atoms with Crippen LogP contribution < -0.4 is 4.74 Å². The fourth-order valence-corrected chi connectivity index (χ4v) is 3.37. The van der Waals surface area contributed by atoms with Crippen molar-refractivity contribution in [2.75, 3.05) is 7.11 Å². The molecule has 0 aliphatic carbocycles. The van der Waals surface area contributed by atoms with Gasteiger partial charge in [0, 0.05) is 17.1 Å². The van der Waals surface area contributed by atoms with E-state index in [-0.39, 0.29) is 5.69 Å². The number of hydrogen-bond acceptors (Lipinski definition) is 4. The first-order valence-electron chi connectivity index (χ1n) is 6.36. The molecule has 0 unspecified atom stereocenters. The van der Waals surface area contributed by atoms with Crippen molar-refractivity contribution >= 4 is 22.3 Å². The Labute approximate surface area is 125 Å². The number of carbonyl (C=O) groups is 1. The van der Waals surface area contributed by atoms with E-state index in [0.29, 0.717) is 4.96 Å². The van der Waals surface area contributed by atoms with E-state index in [1.54, 1.807) is 17.7 Å². The topological polar surface area (TPSA) is 63.8 Å². The Morgan fingerprint density at radius 2 is 2.14 bits per heavy atom. The molecule has 1 N–H and O–H groups in total. The molecule has 0 aliphatic heterocycles. The summed E-state index contributed by atoms with van der Waals surface area (Å²) in [6.07, 6.45) is 1.54. The number of imidazole rings is 1. The fraction of sp³-hybridized carbons (Fsp3) is 0.200. The lowest BCUT2D eigenvalue weighted by Gasteiger charge is -2.12. The van der Waals surface area contributed by atoms with E-state index < -0.39 is 5.97 Å². The van der Waals surface area contributed by atoms with Crippen LogP contribution in [0.2, 0.25) is 0 Å². The molecule has 0 bridgehead atoms. The lowest BCUT2D eigenvalue weighted by molar-refractivity contribution is 0.0691. The van der Waals surface area contributed by atoms with Gasteiger partial charge in [-0.3, -0.25) is 4.40 Å². The normalized spacial score (nSPS) is 11.0. The van der Waals surface area contributed by atoms with Crippen LogP contribution in [-0.4, -0.2) is 27.6 Å². The van der Waals surface area contributed by atoms with Crippen molar-refractivity contribution in [3.05, 3.63) is 40.5 Å². The minimum Gasteiger partial charge on any atom is -0.496 e. The van der Waals surface area contributed by atoms with Crippen LogP contribution in [0, 0.1) is 13.8 Å². The third kappa shape index (κ3) is 2.17. The molecule has 5 nitrogen and oxygen atoms in total. The van der Waals surface area contributed by atoms with Crippen molar-refractivity contribution in [2.45, 2.75) is 13.8 Å².